The van der Waals surface area contributed by atoms with E-state index in [-0.39, 0.29) is 17.9 Å². The highest BCUT2D eigenvalue weighted by atomic mass is 35.5. The normalized spacial score (nSPS) is 14.3. The van der Waals surface area contributed by atoms with Crippen molar-refractivity contribution >= 4 is 52.5 Å². The Morgan fingerprint density at radius 1 is 1.03 bits per heavy atom. The van der Waals surface area contributed by atoms with E-state index >= 15 is 0 Å². The van der Waals surface area contributed by atoms with Crippen LogP contribution in [0.2, 0.25) is 5.02 Å². The summed E-state index contributed by atoms with van der Waals surface area (Å²) < 4.78 is 0. The lowest BCUT2D eigenvalue weighted by Gasteiger charge is -2.21. The number of halogens is 1. The second-order valence-electron chi connectivity index (χ2n) is 9.10. The molecule has 2 amide bonds. The molecule has 10 heteroatoms. The maximum atomic E-state index is 13.2. The number of thioether (sulfide) groups is 1. The average Bonchev–Trinajstić information content (AvgIpc) is 3.37. The molecule has 1 aliphatic rings. The Morgan fingerprint density at radius 2 is 1.85 bits per heavy atom. The monoisotopic (exact) mass is 564 g/mol. The zero-order valence-electron chi connectivity index (χ0n) is 21.5. The Labute approximate surface area is 236 Å². The molecular weight excluding hydrogens is 536 g/mol. The molecule has 202 valence electrons. The van der Waals surface area contributed by atoms with Crippen molar-refractivity contribution in [1.29, 1.82) is 0 Å². The van der Waals surface area contributed by atoms with Gasteiger partial charge in [0.15, 0.2) is 0 Å². The fourth-order valence-corrected chi connectivity index (χ4v) is 4.95. The summed E-state index contributed by atoms with van der Waals surface area (Å²) in [6.45, 7) is 4.10. The van der Waals surface area contributed by atoms with Gasteiger partial charge in [0.25, 0.3) is 11.8 Å². The van der Waals surface area contributed by atoms with Gasteiger partial charge in [0.05, 0.1) is 23.4 Å². The third kappa shape index (κ3) is 7.63. The molecule has 4 rings (SSSR count). The SMILES string of the molecule is Cc1ccc(N2C=CC(NC(=O)c3cc(Cl)ccc3NC(=O)c3cccc(CSCCC(=O)O)c3)N2)cc1C. The third-order valence-corrected chi connectivity index (χ3v) is 7.42. The van der Waals surface area contributed by atoms with E-state index < -0.39 is 18.0 Å². The zero-order valence-corrected chi connectivity index (χ0v) is 23.1. The number of carboxylic acid groups (broad SMARTS) is 1. The highest BCUT2D eigenvalue weighted by Gasteiger charge is 2.22. The number of carboxylic acids is 1. The van der Waals surface area contributed by atoms with E-state index in [9.17, 15) is 14.4 Å². The van der Waals surface area contributed by atoms with Crippen LogP contribution < -0.4 is 21.1 Å². The summed E-state index contributed by atoms with van der Waals surface area (Å²) >= 11 is 7.68. The van der Waals surface area contributed by atoms with Gasteiger partial charge in [-0.15, -0.1) is 0 Å². The number of benzene rings is 3. The first-order chi connectivity index (χ1) is 18.7. The van der Waals surface area contributed by atoms with Crippen LogP contribution in [0.25, 0.3) is 0 Å². The molecule has 0 aromatic heterocycles. The van der Waals surface area contributed by atoms with Crippen LogP contribution in [0.3, 0.4) is 0 Å². The Kier molecular flexibility index (Phi) is 9.29. The van der Waals surface area contributed by atoms with Crippen molar-refractivity contribution in [2.75, 3.05) is 16.1 Å². The fourth-order valence-electron chi connectivity index (χ4n) is 3.90. The van der Waals surface area contributed by atoms with Gasteiger partial charge in [-0.2, -0.15) is 11.8 Å². The number of aryl methyl sites for hydroxylation is 2. The number of carbonyl (C=O) groups is 3. The first-order valence-corrected chi connectivity index (χ1v) is 13.8. The van der Waals surface area contributed by atoms with E-state index in [1.54, 1.807) is 30.3 Å². The molecule has 4 N–H and O–H groups in total. The lowest BCUT2D eigenvalue weighted by Crippen LogP contribution is -2.46. The van der Waals surface area contributed by atoms with Crippen LogP contribution >= 0.6 is 23.4 Å². The van der Waals surface area contributed by atoms with E-state index in [2.05, 4.69) is 29.0 Å². The van der Waals surface area contributed by atoms with Crippen molar-refractivity contribution < 1.29 is 19.5 Å². The molecule has 0 saturated heterocycles. The number of rotatable bonds is 10. The number of nitrogens with one attached hydrogen (secondary N) is 3. The standard InChI is InChI=1S/C29H29ClN4O4S/c1-18-6-8-23(14-19(18)2)34-12-10-26(33-34)32-29(38)24-16-22(30)7-9-25(24)31-28(37)21-5-3-4-20(15-21)17-39-13-11-27(35)36/h3-10,12,14-16,26,33H,11,13,17H2,1-2H3,(H,31,37)(H,32,38)(H,35,36). The first kappa shape index (κ1) is 28.2. The molecule has 0 aliphatic carbocycles. The van der Waals surface area contributed by atoms with Crippen molar-refractivity contribution in [3.63, 3.8) is 0 Å². The van der Waals surface area contributed by atoms with Gasteiger partial charge in [0.2, 0.25) is 0 Å². The second kappa shape index (κ2) is 12.8. The summed E-state index contributed by atoms with van der Waals surface area (Å²) in [6, 6.07) is 17.9. The average molecular weight is 565 g/mol. The maximum Gasteiger partial charge on any atom is 0.304 e. The van der Waals surface area contributed by atoms with Gasteiger partial charge in [0.1, 0.15) is 6.17 Å². The van der Waals surface area contributed by atoms with E-state index in [4.69, 9.17) is 16.7 Å². The minimum absolute atomic E-state index is 0.0854. The van der Waals surface area contributed by atoms with E-state index in [0.717, 1.165) is 16.8 Å². The maximum absolute atomic E-state index is 13.2. The first-order valence-electron chi connectivity index (χ1n) is 12.3. The van der Waals surface area contributed by atoms with Crippen LogP contribution in [-0.4, -0.2) is 34.8 Å². The summed E-state index contributed by atoms with van der Waals surface area (Å²) in [5.74, 6) is -0.534. The minimum Gasteiger partial charge on any atom is -0.481 e. The zero-order chi connectivity index (χ0) is 27.9. The van der Waals surface area contributed by atoms with Crippen LogP contribution in [0.4, 0.5) is 11.4 Å². The molecule has 39 heavy (non-hydrogen) atoms. The van der Waals surface area contributed by atoms with Gasteiger partial charge in [0, 0.05) is 28.3 Å². The number of aliphatic carboxylic acids is 1. The number of amides is 2. The molecule has 8 nitrogen and oxygen atoms in total. The lowest BCUT2D eigenvalue weighted by atomic mass is 10.1. The van der Waals surface area contributed by atoms with Crippen LogP contribution in [0.5, 0.6) is 0 Å². The molecule has 0 fully saturated rings. The van der Waals surface area contributed by atoms with Crippen molar-refractivity contribution in [3.8, 4) is 0 Å². The number of hydrogen-bond acceptors (Lipinski definition) is 6. The van der Waals surface area contributed by atoms with E-state index in [0.29, 0.717) is 27.8 Å². The molecule has 0 radical (unpaired) electrons. The largest absolute Gasteiger partial charge is 0.481 e. The molecule has 1 atom stereocenters. The van der Waals surface area contributed by atoms with Gasteiger partial charge in [-0.25, -0.2) is 5.43 Å². The van der Waals surface area contributed by atoms with E-state index in [1.165, 1.54) is 23.4 Å². The van der Waals surface area contributed by atoms with Crippen LogP contribution in [-0.2, 0) is 10.5 Å². The molecule has 3 aromatic carbocycles. The molecule has 0 spiro atoms. The van der Waals surface area contributed by atoms with Crippen molar-refractivity contribution in [1.82, 2.24) is 10.7 Å². The Morgan fingerprint density at radius 3 is 2.62 bits per heavy atom. The third-order valence-electron chi connectivity index (χ3n) is 6.15. The van der Waals surface area contributed by atoms with Gasteiger partial charge in [-0.3, -0.25) is 19.4 Å². The number of hydrogen-bond donors (Lipinski definition) is 4. The van der Waals surface area contributed by atoms with Gasteiger partial charge in [-0.05, 0) is 79.1 Å². The number of nitrogens with zero attached hydrogens (tertiary/aromatic N) is 1. The van der Waals surface area contributed by atoms with Crippen molar-refractivity contribution in [2.24, 2.45) is 0 Å². The fraction of sp³-hybridized carbons (Fsp3) is 0.207. The van der Waals surface area contributed by atoms with Crippen molar-refractivity contribution in [3.05, 3.63) is 106 Å². The number of hydrazine groups is 1. The Bertz CT molecular complexity index is 1430. The van der Waals surface area contributed by atoms with Crippen LogP contribution in [0, 0.1) is 13.8 Å². The summed E-state index contributed by atoms with van der Waals surface area (Å²) in [7, 11) is 0. The molecule has 0 saturated carbocycles. The summed E-state index contributed by atoms with van der Waals surface area (Å²) in [5, 5.41) is 16.7. The number of carbonyl (C=O) groups excluding carboxylic acids is 2. The Balaban J connectivity index is 1.41. The minimum atomic E-state index is -0.836. The van der Waals surface area contributed by atoms with Gasteiger partial charge >= 0.3 is 5.97 Å². The van der Waals surface area contributed by atoms with Gasteiger partial charge < -0.3 is 15.7 Å². The molecule has 0 bridgehead atoms. The molecular formula is C29H29ClN4O4S. The lowest BCUT2D eigenvalue weighted by molar-refractivity contribution is -0.136. The smallest absolute Gasteiger partial charge is 0.304 e. The van der Waals surface area contributed by atoms with Crippen LogP contribution in [0.1, 0.15) is 43.8 Å². The number of anilines is 2. The molecule has 3 aromatic rings. The summed E-state index contributed by atoms with van der Waals surface area (Å²) in [6.07, 6.45) is 3.30. The second-order valence-corrected chi connectivity index (χ2v) is 10.6. The molecule has 1 heterocycles. The quantitative estimate of drug-likeness (QED) is 0.240. The highest BCUT2D eigenvalue weighted by Crippen LogP contribution is 2.24. The molecule has 1 unspecified atom stereocenters. The van der Waals surface area contributed by atoms with Gasteiger partial charge in [-0.1, -0.05) is 29.8 Å². The van der Waals surface area contributed by atoms with Crippen molar-refractivity contribution in [2.45, 2.75) is 32.2 Å². The topological polar surface area (TPSA) is 111 Å². The Hall–Kier alpha value is -3.79. The summed E-state index contributed by atoms with van der Waals surface area (Å²) in [5.41, 5.74) is 8.43. The predicted molar refractivity (Wildman–Crippen MR) is 156 cm³/mol. The highest BCUT2D eigenvalue weighted by molar-refractivity contribution is 7.98. The predicted octanol–water partition coefficient (Wildman–Crippen LogP) is 5.51. The van der Waals surface area contributed by atoms with E-state index in [1.807, 2.05) is 42.4 Å². The van der Waals surface area contributed by atoms with Crippen LogP contribution in [0.15, 0.2) is 72.9 Å². The molecule has 1 aliphatic heterocycles. The summed E-state index contributed by atoms with van der Waals surface area (Å²) in [4.78, 5) is 37.0.